The number of aromatic hydroxyl groups is 2. The number of sulfonamides is 1. The predicted molar refractivity (Wildman–Crippen MR) is 275 cm³/mol. The molecule has 0 unspecified atom stereocenters. The van der Waals surface area contributed by atoms with E-state index in [1.54, 1.807) is 24.3 Å². The number of methoxy groups -OCH3 is 2. The Bertz CT molecular complexity index is 2470. The third-order valence-corrected chi connectivity index (χ3v) is 15.1. The second kappa shape index (κ2) is 30.3. The van der Waals surface area contributed by atoms with Gasteiger partial charge in [0.1, 0.15) is 11.6 Å². The number of phenolic OH excluding ortho intramolecular Hbond substituents is 2. The molecule has 0 aliphatic heterocycles. The Labute approximate surface area is 429 Å². The zero-order valence-corrected chi connectivity index (χ0v) is 44.6. The maximum Gasteiger partial charge on any atom is 0.261 e. The average molecular weight is 1080 g/mol. The molecule has 2 saturated carbocycles. The molecule has 2 atom stereocenters. The Kier molecular flexibility index (Phi) is 26.6. The van der Waals surface area contributed by atoms with Gasteiger partial charge in [0.05, 0.1) is 36.1 Å². The quantitative estimate of drug-likeness (QED) is 0.0614. The maximum absolute atomic E-state index is 13.1. The van der Waals surface area contributed by atoms with Crippen molar-refractivity contribution in [2.24, 2.45) is 17.6 Å². The van der Waals surface area contributed by atoms with Crippen molar-refractivity contribution < 1.29 is 54.9 Å². The first-order valence-electron chi connectivity index (χ1n) is 23.4. The molecule has 2 amide bonds. The van der Waals surface area contributed by atoms with Gasteiger partial charge in [-0.2, -0.15) is 0 Å². The first-order valence-corrected chi connectivity index (χ1v) is 27.1. The summed E-state index contributed by atoms with van der Waals surface area (Å²) in [6.45, 7) is 13.9. The van der Waals surface area contributed by atoms with Crippen molar-refractivity contribution in [1.82, 2.24) is 20.3 Å². The van der Waals surface area contributed by atoms with Crippen LogP contribution < -0.4 is 30.6 Å². The molecule has 0 radical (unpaired) electrons. The topological polar surface area (TPSA) is 227 Å². The van der Waals surface area contributed by atoms with Crippen LogP contribution in [0.4, 0.5) is 8.78 Å². The number of nitrogens with zero attached hydrogens (tertiary/aromatic N) is 1. The number of benzene rings is 4. The summed E-state index contributed by atoms with van der Waals surface area (Å²) in [5.41, 5.74) is 7.58. The largest absolute Gasteiger partial charge is 0.504 e. The van der Waals surface area contributed by atoms with Crippen molar-refractivity contribution >= 4 is 54.0 Å². The highest BCUT2D eigenvalue weighted by molar-refractivity contribution is 8.13. The summed E-state index contributed by atoms with van der Waals surface area (Å²) in [5, 5.41) is 24.7. The molecule has 4 aromatic carbocycles. The van der Waals surface area contributed by atoms with Gasteiger partial charge in [-0.05, 0) is 145 Å². The molecule has 0 saturated heterocycles. The lowest BCUT2D eigenvalue weighted by Gasteiger charge is -2.29. The van der Waals surface area contributed by atoms with E-state index in [4.69, 9.17) is 31.0 Å². The Hall–Kier alpha value is -4.76. The van der Waals surface area contributed by atoms with Crippen molar-refractivity contribution in [1.29, 1.82) is 0 Å². The van der Waals surface area contributed by atoms with Crippen LogP contribution in [0.3, 0.4) is 0 Å². The normalized spacial score (nSPS) is 18.5. The van der Waals surface area contributed by atoms with Crippen molar-refractivity contribution in [2.45, 2.75) is 120 Å². The molecule has 0 spiro atoms. The summed E-state index contributed by atoms with van der Waals surface area (Å²) in [5.74, 6) is -0.822. The lowest BCUT2D eigenvalue weighted by molar-refractivity contribution is -0.127. The fourth-order valence-electron chi connectivity index (χ4n) is 7.78. The number of hydrogen-bond donors (Lipinski definition) is 6. The highest BCUT2D eigenvalue weighted by Gasteiger charge is 2.30. The fraction of sp³-hybridized carbons (Fsp3) is 0.480. The zero-order chi connectivity index (χ0) is 52.2. The van der Waals surface area contributed by atoms with Crippen molar-refractivity contribution in [2.75, 3.05) is 33.9 Å². The molecule has 7 N–H and O–H groups in total. The van der Waals surface area contributed by atoms with Crippen LogP contribution in [0, 0.1) is 23.5 Å². The van der Waals surface area contributed by atoms with E-state index >= 15 is 0 Å². The van der Waals surface area contributed by atoms with Crippen LogP contribution in [0.1, 0.15) is 109 Å². The molecule has 15 nitrogen and oxygen atoms in total. The van der Waals surface area contributed by atoms with Gasteiger partial charge in [-0.3, -0.25) is 9.59 Å². The highest BCUT2D eigenvalue weighted by Crippen LogP contribution is 2.32. The van der Waals surface area contributed by atoms with Crippen molar-refractivity contribution in [3.63, 3.8) is 0 Å². The number of carbonyl (C=O) groups excluding carboxylic acids is 2. The van der Waals surface area contributed by atoms with Crippen LogP contribution in [0.15, 0.2) is 94.7 Å². The molecule has 0 aromatic heterocycles. The van der Waals surface area contributed by atoms with E-state index < -0.39 is 19.1 Å². The summed E-state index contributed by atoms with van der Waals surface area (Å²) < 4.78 is 85.3. The Morgan fingerprint density at radius 3 is 1.38 bits per heavy atom. The van der Waals surface area contributed by atoms with Gasteiger partial charge in [-0.1, -0.05) is 45.0 Å². The minimum atomic E-state index is -3.78. The molecule has 2 fully saturated rings. The van der Waals surface area contributed by atoms with E-state index in [1.807, 2.05) is 13.8 Å². The SMILES string of the molecule is CCN(CC)CC.COc1cc(S(=O)(=O)Cl)ccc1O.COc1cc(S(=O)(=O)NC2CCC(C(=O)N[C@H](C)c3ccc(F)cc3)CC2)ccc1O.C[C@@H](NC(=O)C1CCC(N)CC1)c1ccc(F)cc1.Cl. The molecule has 71 heavy (non-hydrogen) atoms. The fourth-order valence-corrected chi connectivity index (χ4v) is 9.87. The number of carbonyl (C=O) groups is 2. The Balaban J connectivity index is 0.000000367. The van der Waals surface area contributed by atoms with Gasteiger partial charge in [0, 0.05) is 46.7 Å². The van der Waals surface area contributed by atoms with Gasteiger partial charge in [-0.25, -0.2) is 30.3 Å². The summed E-state index contributed by atoms with van der Waals surface area (Å²) in [6.07, 6.45) is 5.77. The van der Waals surface area contributed by atoms with E-state index in [2.05, 4.69) is 41.0 Å². The number of hydrogen-bond acceptors (Lipinski definition) is 12. The lowest BCUT2D eigenvalue weighted by Crippen LogP contribution is -2.41. The predicted octanol–water partition coefficient (Wildman–Crippen LogP) is 8.87. The van der Waals surface area contributed by atoms with Crippen LogP contribution in [-0.4, -0.2) is 89.7 Å². The molecule has 4 aromatic rings. The number of nitrogens with two attached hydrogens (primary N) is 1. The molecule has 0 bridgehead atoms. The van der Waals surface area contributed by atoms with Crippen LogP contribution in [0.5, 0.6) is 23.0 Å². The molecule has 2 aliphatic carbocycles. The number of rotatable bonds is 15. The highest BCUT2D eigenvalue weighted by atomic mass is 35.7. The Morgan fingerprint density at radius 1 is 0.662 bits per heavy atom. The monoisotopic (exact) mass is 1070 g/mol. The number of amides is 2. The van der Waals surface area contributed by atoms with Crippen LogP contribution in [0.25, 0.3) is 0 Å². The zero-order valence-electron chi connectivity index (χ0n) is 41.4. The Morgan fingerprint density at radius 2 is 1.03 bits per heavy atom. The molecule has 6 rings (SSSR count). The number of halogens is 4. The summed E-state index contributed by atoms with van der Waals surface area (Å²) >= 11 is 0. The molecule has 396 valence electrons. The molecular weight excluding hydrogens is 1000 g/mol. The molecular formula is C50H71Cl2F2N5O10S2. The summed E-state index contributed by atoms with van der Waals surface area (Å²) in [4.78, 5) is 27.0. The van der Waals surface area contributed by atoms with E-state index in [9.17, 15) is 40.3 Å². The van der Waals surface area contributed by atoms with Crippen LogP contribution in [-0.2, 0) is 28.7 Å². The summed E-state index contributed by atoms with van der Waals surface area (Å²) in [7, 11) is 0.194. The number of phenols is 2. The minimum Gasteiger partial charge on any atom is -0.504 e. The maximum atomic E-state index is 13.1. The molecule has 21 heteroatoms. The van der Waals surface area contributed by atoms with E-state index in [0.29, 0.717) is 25.7 Å². The third kappa shape index (κ3) is 20.7. The van der Waals surface area contributed by atoms with E-state index in [-0.39, 0.29) is 105 Å². The minimum absolute atomic E-state index is 0. The van der Waals surface area contributed by atoms with Crippen molar-refractivity contribution in [3.8, 4) is 23.0 Å². The van der Waals surface area contributed by atoms with Gasteiger partial charge in [0.2, 0.25) is 21.8 Å². The van der Waals surface area contributed by atoms with E-state index in [0.717, 1.165) is 42.9 Å². The van der Waals surface area contributed by atoms with Gasteiger partial charge in [-0.15, -0.1) is 12.4 Å². The lowest BCUT2D eigenvalue weighted by atomic mass is 9.85. The van der Waals surface area contributed by atoms with Crippen LogP contribution in [0.2, 0.25) is 0 Å². The number of nitrogens with one attached hydrogen (secondary N) is 3. The average Bonchev–Trinajstić information content (AvgIpc) is 3.33. The van der Waals surface area contributed by atoms with Gasteiger partial charge in [0.25, 0.3) is 9.05 Å². The smallest absolute Gasteiger partial charge is 0.261 e. The van der Waals surface area contributed by atoms with Crippen LogP contribution >= 0.6 is 23.1 Å². The standard InChI is InChI=1S/C22H27FN2O5S.C15H21FN2O.C7H7ClO4S.C6H15N.ClH/c1-14(15-3-7-17(23)8-4-15)24-22(27)16-5-9-18(10-6-16)25-31(28,29)19-11-12-20(26)21(13-19)30-2;1-10(11-2-6-13(16)7-3-11)18-15(19)12-4-8-14(17)9-5-12;1-12-7-4-5(13(8,10)11)2-3-6(7)9;1-4-7(5-2)6-3;/h3-4,7-8,11-14,16,18,25-26H,5-6,9-10H2,1-2H3,(H,24,27);2-3,6-7,10,12,14H,4-5,8-9,17H2,1H3,(H,18,19);2-4,9H,1H3;4-6H2,1-3H3;1H/t14-,16?,18?;10-,12?,14?;;;/m11.../s1. The third-order valence-electron chi connectivity index (χ3n) is 12.3. The molecule has 0 heterocycles. The second-order valence-electron chi connectivity index (χ2n) is 17.1. The van der Waals surface area contributed by atoms with Gasteiger partial charge in [0.15, 0.2) is 23.0 Å². The van der Waals surface area contributed by atoms with Gasteiger partial charge < -0.3 is 41.0 Å². The number of ether oxygens (including phenoxy) is 2. The first-order chi connectivity index (χ1) is 33.0. The molecule has 2 aliphatic rings. The second-order valence-corrected chi connectivity index (χ2v) is 21.3. The van der Waals surface area contributed by atoms with Crippen molar-refractivity contribution in [3.05, 3.63) is 108 Å². The first kappa shape index (κ1) is 62.4. The summed E-state index contributed by atoms with van der Waals surface area (Å²) in [6, 6.07) is 19.3. The van der Waals surface area contributed by atoms with E-state index in [1.165, 1.54) is 88.5 Å². The van der Waals surface area contributed by atoms with Gasteiger partial charge >= 0.3 is 0 Å².